The molecule has 0 unspecified atom stereocenters. The van der Waals surface area contributed by atoms with Crippen molar-refractivity contribution in [3.05, 3.63) is 53.1 Å². The summed E-state index contributed by atoms with van der Waals surface area (Å²) in [7, 11) is -1.52. The van der Waals surface area contributed by atoms with E-state index in [1.54, 1.807) is 12.3 Å². The number of carbonyl (C=O) groups is 1. The highest BCUT2D eigenvalue weighted by molar-refractivity contribution is 6.89. The Balaban J connectivity index is 1.54. The normalized spacial score (nSPS) is 23.8. The van der Waals surface area contributed by atoms with Gasteiger partial charge in [-0.3, -0.25) is 9.78 Å². The van der Waals surface area contributed by atoms with Gasteiger partial charge in [0.05, 0.1) is 31.9 Å². The van der Waals surface area contributed by atoms with Crippen LogP contribution < -0.4 is 10.5 Å². The van der Waals surface area contributed by atoms with Crippen LogP contribution in [-0.2, 0) is 11.2 Å². The van der Waals surface area contributed by atoms with Gasteiger partial charge in [0.15, 0.2) is 0 Å². The van der Waals surface area contributed by atoms with Crippen molar-refractivity contribution in [2.45, 2.75) is 50.9 Å². The maximum absolute atomic E-state index is 14.6. The van der Waals surface area contributed by atoms with Gasteiger partial charge in [-0.05, 0) is 43.0 Å². The molecule has 2 aliphatic rings. The smallest absolute Gasteiger partial charge is 0.307 e. The first-order valence-electron chi connectivity index (χ1n) is 9.52. The molecule has 142 valence electrons. The van der Waals surface area contributed by atoms with Crippen LogP contribution in [0.5, 0.6) is 0 Å². The highest BCUT2D eigenvalue weighted by atomic mass is 28.3. The molecule has 4 nitrogen and oxygen atoms in total. The van der Waals surface area contributed by atoms with Crippen LogP contribution in [0.1, 0.15) is 41.6 Å². The van der Waals surface area contributed by atoms with E-state index in [0.717, 1.165) is 29.8 Å². The molecule has 2 aliphatic carbocycles. The average Bonchev–Trinajstić information content (AvgIpc) is 3.30. The number of aromatic nitrogens is 1. The Morgan fingerprint density at radius 2 is 2.04 bits per heavy atom. The molecule has 1 aromatic carbocycles. The van der Waals surface area contributed by atoms with E-state index in [0.29, 0.717) is 6.42 Å². The number of carboxylic acid groups (broad SMARTS) is 1. The largest absolute Gasteiger partial charge is 0.481 e. The summed E-state index contributed by atoms with van der Waals surface area (Å²) in [4.78, 5) is 15.5. The third kappa shape index (κ3) is 3.38. The first-order valence-corrected chi connectivity index (χ1v) is 13.0. The first-order chi connectivity index (χ1) is 12.8. The third-order valence-corrected chi connectivity index (χ3v) is 7.84. The Bertz CT molecular complexity index is 892. The van der Waals surface area contributed by atoms with Crippen LogP contribution >= 0.6 is 0 Å². The summed E-state index contributed by atoms with van der Waals surface area (Å²) in [6, 6.07) is 7.37. The molecule has 2 N–H and O–H groups in total. The number of nitrogens with zero attached hydrogens (tertiary/aromatic N) is 1. The Morgan fingerprint density at radius 1 is 1.26 bits per heavy atom. The van der Waals surface area contributed by atoms with E-state index in [9.17, 15) is 9.18 Å². The second-order valence-corrected chi connectivity index (χ2v) is 13.8. The number of benzene rings is 1. The molecule has 3 atom stereocenters. The van der Waals surface area contributed by atoms with E-state index < -0.39 is 14.0 Å². The molecule has 1 saturated carbocycles. The molecule has 27 heavy (non-hydrogen) atoms. The predicted octanol–water partition coefficient (Wildman–Crippen LogP) is 4.05. The molecule has 4 rings (SSSR count). The zero-order valence-electron chi connectivity index (χ0n) is 15.9. The number of anilines is 1. The summed E-state index contributed by atoms with van der Waals surface area (Å²) < 4.78 is 14.6. The van der Waals surface area contributed by atoms with Crippen molar-refractivity contribution in [1.29, 1.82) is 0 Å². The number of fused-ring (bicyclic) bond motifs is 1. The number of nitrogens with one attached hydrogen (secondary N) is 1. The van der Waals surface area contributed by atoms with Crippen LogP contribution in [0.4, 0.5) is 10.1 Å². The topological polar surface area (TPSA) is 62.2 Å². The molecule has 0 radical (unpaired) electrons. The number of pyridine rings is 1. The molecule has 0 saturated heterocycles. The number of rotatable bonds is 5. The minimum absolute atomic E-state index is 0.0282. The summed E-state index contributed by atoms with van der Waals surface area (Å²) in [5.74, 6) is -1.15. The lowest BCUT2D eigenvalue weighted by atomic mass is 10.1. The van der Waals surface area contributed by atoms with Crippen LogP contribution in [0.25, 0.3) is 0 Å². The molecule has 1 aromatic heterocycles. The van der Waals surface area contributed by atoms with Gasteiger partial charge in [-0.15, -0.1) is 0 Å². The first kappa shape index (κ1) is 18.2. The highest BCUT2D eigenvalue weighted by Crippen LogP contribution is 2.47. The fraction of sp³-hybridized carbons (Fsp3) is 0.429. The molecule has 2 aromatic rings. The fourth-order valence-electron chi connectivity index (χ4n) is 4.27. The fourth-order valence-corrected chi connectivity index (χ4v) is 6.02. The minimum atomic E-state index is -1.52. The second-order valence-electron chi connectivity index (χ2n) is 8.73. The van der Waals surface area contributed by atoms with E-state index in [4.69, 9.17) is 5.11 Å². The van der Waals surface area contributed by atoms with Crippen molar-refractivity contribution < 1.29 is 14.3 Å². The van der Waals surface area contributed by atoms with E-state index in [1.807, 2.05) is 18.2 Å². The van der Waals surface area contributed by atoms with Gasteiger partial charge < -0.3 is 10.4 Å². The van der Waals surface area contributed by atoms with Crippen molar-refractivity contribution in [1.82, 2.24) is 4.98 Å². The zero-order valence-corrected chi connectivity index (χ0v) is 16.9. The summed E-state index contributed by atoms with van der Waals surface area (Å²) in [5, 5.41) is 13.8. The van der Waals surface area contributed by atoms with Gasteiger partial charge >= 0.3 is 5.97 Å². The van der Waals surface area contributed by atoms with Crippen molar-refractivity contribution in [3.8, 4) is 0 Å². The van der Waals surface area contributed by atoms with E-state index in [2.05, 4.69) is 29.9 Å². The number of halogens is 1. The number of hydrogen-bond acceptors (Lipinski definition) is 3. The standard InChI is InChI=1S/C21H25FN2O2Si/c1-27(2,3)19-9-6-16(22)20-13(19)5-8-18(20)24-12-4-7-17(23-11-12)14-10-15(14)21(25)26/h4,6-7,9,11,14-15,18,24H,5,8,10H2,1-3H3,(H,25,26)/t14-,15-,18+/m0/s1. The summed E-state index contributed by atoms with van der Waals surface area (Å²) >= 11 is 0. The summed E-state index contributed by atoms with van der Waals surface area (Å²) in [6.45, 7) is 6.89. The monoisotopic (exact) mass is 384 g/mol. The molecule has 1 heterocycles. The van der Waals surface area contributed by atoms with E-state index in [1.165, 1.54) is 10.8 Å². The van der Waals surface area contributed by atoms with Gasteiger partial charge in [0.2, 0.25) is 0 Å². The van der Waals surface area contributed by atoms with Crippen molar-refractivity contribution in [3.63, 3.8) is 0 Å². The Morgan fingerprint density at radius 3 is 2.63 bits per heavy atom. The second kappa shape index (κ2) is 6.44. The van der Waals surface area contributed by atoms with Crippen molar-refractivity contribution >= 4 is 24.9 Å². The maximum Gasteiger partial charge on any atom is 0.307 e. The van der Waals surface area contributed by atoms with E-state index in [-0.39, 0.29) is 23.7 Å². The van der Waals surface area contributed by atoms with Crippen LogP contribution in [0.15, 0.2) is 30.5 Å². The molecular weight excluding hydrogens is 359 g/mol. The lowest BCUT2D eigenvalue weighted by Crippen LogP contribution is -2.40. The zero-order chi connectivity index (χ0) is 19.3. The summed E-state index contributed by atoms with van der Waals surface area (Å²) in [5.41, 5.74) is 3.68. The van der Waals surface area contributed by atoms with Crippen molar-refractivity contribution in [2.75, 3.05) is 5.32 Å². The molecule has 0 aliphatic heterocycles. The molecule has 0 spiro atoms. The molecule has 0 bridgehead atoms. The maximum atomic E-state index is 14.6. The average molecular weight is 385 g/mol. The quantitative estimate of drug-likeness (QED) is 0.764. The SMILES string of the molecule is C[Si](C)(C)c1ccc(F)c2c1CC[C@H]2Nc1ccc([C@H]2C[C@@H]2C(=O)O)nc1. The van der Waals surface area contributed by atoms with Gasteiger partial charge in [-0.2, -0.15) is 0 Å². The Hall–Kier alpha value is -2.21. The van der Waals surface area contributed by atoms with Gasteiger partial charge in [0.25, 0.3) is 0 Å². The molecule has 0 amide bonds. The van der Waals surface area contributed by atoms with Gasteiger partial charge in [-0.25, -0.2) is 4.39 Å². The number of hydrogen-bond donors (Lipinski definition) is 2. The number of carboxylic acids is 1. The van der Waals surface area contributed by atoms with E-state index >= 15 is 0 Å². The Labute approximate surface area is 159 Å². The lowest BCUT2D eigenvalue weighted by molar-refractivity contribution is -0.138. The van der Waals surface area contributed by atoms with Crippen LogP contribution in [0.3, 0.4) is 0 Å². The molecule has 1 fully saturated rings. The lowest BCUT2D eigenvalue weighted by Gasteiger charge is -2.22. The predicted molar refractivity (Wildman–Crippen MR) is 107 cm³/mol. The van der Waals surface area contributed by atoms with Crippen LogP contribution in [0, 0.1) is 11.7 Å². The highest BCUT2D eigenvalue weighted by Gasteiger charge is 2.45. The van der Waals surface area contributed by atoms with Gasteiger partial charge in [0, 0.05) is 17.2 Å². The Kier molecular flexibility index (Phi) is 4.33. The third-order valence-electron chi connectivity index (χ3n) is 5.76. The molecule has 6 heteroatoms. The minimum Gasteiger partial charge on any atom is -0.481 e. The van der Waals surface area contributed by atoms with Crippen LogP contribution in [0.2, 0.25) is 19.6 Å². The summed E-state index contributed by atoms with van der Waals surface area (Å²) in [6.07, 6.45) is 4.18. The van der Waals surface area contributed by atoms with Crippen molar-refractivity contribution in [2.24, 2.45) is 5.92 Å². The van der Waals surface area contributed by atoms with Gasteiger partial charge in [0.1, 0.15) is 5.82 Å². The van der Waals surface area contributed by atoms with Gasteiger partial charge in [-0.1, -0.05) is 30.9 Å². The number of aliphatic carboxylic acids is 1. The molecular formula is C21H25FN2O2Si. The van der Waals surface area contributed by atoms with Crippen LogP contribution in [-0.4, -0.2) is 24.1 Å².